The van der Waals surface area contributed by atoms with Crippen molar-refractivity contribution in [3.63, 3.8) is 0 Å². The summed E-state index contributed by atoms with van der Waals surface area (Å²) < 4.78 is 0.909. The number of anilines is 1. The normalized spacial score (nSPS) is 10.6. The first-order chi connectivity index (χ1) is 12.4. The van der Waals surface area contributed by atoms with Gasteiger partial charge in [0, 0.05) is 20.5 Å². The van der Waals surface area contributed by atoms with Crippen molar-refractivity contribution in [1.29, 1.82) is 0 Å². The molecule has 0 aliphatic heterocycles. The molecule has 26 heavy (non-hydrogen) atoms. The standard InChI is InChI=1S/C21H18BrNO2S/c1-12-4-6-15(7-5-12)19(24)18-13(2)14(3)26-21(18)23-20(25)16-8-10-17(22)11-9-16/h4-11H,1-3H3,(H,23,25). The van der Waals surface area contributed by atoms with Crippen LogP contribution in [0.15, 0.2) is 53.0 Å². The lowest BCUT2D eigenvalue weighted by atomic mass is 10.00. The van der Waals surface area contributed by atoms with E-state index in [1.165, 1.54) is 11.3 Å². The van der Waals surface area contributed by atoms with Gasteiger partial charge in [-0.15, -0.1) is 11.3 Å². The highest BCUT2D eigenvalue weighted by Gasteiger charge is 2.22. The highest BCUT2D eigenvalue weighted by atomic mass is 79.9. The first-order valence-electron chi connectivity index (χ1n) is 8.15. The number of ketones is 1. The molecular formula is C21H18BrNO2S. The van der Waals surface area contributed by atoms with Crippen molar-refractivity contribution >= 4 is 44.0 Å². The average Bonchev–Trinajstić information content (AvgIpc) is 2.89. The molecule has 0 aliphatic rings. The number of carbonyl (C=O) groups excluding carboxylic acids is 2. The fourth-order valence-electron chi connectivity index (χ4n) is 2.61. The van der Waals surface area contributed by atoms with Crippen molar-refractivity contribution in [2.45, 2.75) is 20.8 Å². The molecule has 0 fully saturated rings. The molecule has 0 saturated carbocycles. The smallest absolute Gasteiger partial charge is 0.256 e. The van der Waals surface area contributed by atoms with Crippen molar-refractivity contribution in [2.75, 3.05) is 5.32 Å². The number of rotatable bonds is 4. The van der Waals surface area contributed by atoms with Crippen LogP contribution < -0.4 is 5.32 Å². The lowest BCUT2D eigenvalue weighted by Gasteiger charge is -2.08. The molecule has 0 bridgehead atoms. The van der Waals surface area contributed by atoms with E-state index in [1.54, 1.807) is 12.1 Å². The molecular weight excluding hydrogens is 410 g/mol. The topological polar surface area (TPSA) is 46.2 Å². The van der Waals surface area contributed by atoms with Gasteiger partial charge >= 0.3 is 0 Å². The first kappa shape index (κ1) is 18.5. The van der Waals surface area contributed by atoms with E-state index in [2.05, 4.69) is 21.2 Å². The number of aryl methyl sites for hydroxylation is 2. The summed E-state index contributed by atoms with van der Waals surface area (Å²) in [7, 11) is 0. The molecule has 1 N–H and O–H groups in total. The fraction of sp³-hybridized carbons (Fsp3) is 0.143. The molecule has 1 amide bonds. The third-order valence-electron chi connectivity index (χ3n) is 4.26. The van der Waals surface area contributed by atoms with E-state index in [1.807, 2.05) is 57.2 Å². The largest absolute Gasteiger partial charge is 0.313 e. The lowest BCUT2D eigenvalue weighted by Crippen LogP contribution is -2.14. The van der Waals surface area contributed by atoms with Gasteiger partial charge in [0.25, 0.3) is 5.91 Å². The summed E-state index contributed by atoms with van der Waals surface area (Å²) in [5.41, 5.74) is 3.75. The van der Waals surface area contributed by atoms with Crippen LogP contribution in [0.25, 0.3) is 0 Å². The van der Waals surface area contributed by atoms with Crippen LogP contribution in [0.4, 0.5) is 5.00 Å². The molecule has 0 radical (unpaired) electrons. The van der Waals surface area contributed by atoms with Crippen LogP contribution in [0.3, 0.4) is 0 Å². The van der Waals surface area contributed by atoms with E-state index in [9.17, 15) is 9.59 Å². The van der Waals surface area contributed by atoms with Crippen LogP contribution in [0, 0.1) is 20.8 Å². The number of nitrogens with one attached hydrogen (secondary N) is 1. The van der Waals surface area contributed by atoms with E-state index in [0.29, 0.717) is 21.7 Å². The fourth-order valence-corrected chi connectivity index (χ4v) is 3.93. The maximum absolute atomic E-state index is 13.0. The predicted octanol–water partition coefficient (Wildman–Crippen LogP) is 5.92. The molecule has 3 nitrogen and oxygen atoms in total. The zero-order valence-corrected chi connectivity index (χ0v) is 17.1. The molecule has 2 aromatic carbocycles. The van der Waals surface area contributed by atoms with Crippen LogP contribution in [-0.4, -0.2) is 11.7 Å². The third-order valence-corrected chi connectivity index (χ3v) is 5.91. The van der Waals surface area contributed by atoms with E-state index in [0.717, 1.165) is 20.5 Å². The molecule has 0 atom stereocenters. The Bertz CT molecular complexity index is 972. The monoisotopic (exact) mass is 427 g/mol. The maximum Gasteiger partial charge on any atom is 0.256 e. The minimum atomic E-state index is -0.225. The van der Waals surface area contributed by atoms with Gasteiger partial charge in [0.05, 0.1) is 5.56 Å². The molecule has 0 saturated heterocycles. The molecule has 3 rings (SSSR count). The van der Waals surface area contributed by atoms with Gasteiger partial charge < -0.3 is 5.32 Å². The van der Waals surface area contributed by atoms with E-state index in [4.69, 9.17) is 0 Å². The Morgan fingerprint density at radius 1 is 0.885 bits per heavy atom. The number of halogens is 1. The van der Waals surface area contributed by atoms with Crippen molar-refractivity contribution in [3.05, 3.63) is 85.7 Å². The van der Waals surface area contributed by atoms with Gasteiger partial charge in [-0.25, -0.2) is 0 Å². The lowest BCUT2D eigenvalue weighted by molar-refractivity contribution is 0.102. The van der Waals surface area contributed by atoms with Crippen LogP contribution >= 0.6 is 27.3 Å². The Hall–Kier alpha value is -2.24. The summed E-state index contributed by atoms with van der Waals surface area (Å²) in [4.78, 5) is 26.6. The van der Waals surface area contributed by atoms with Crippen molar-refractivity contribution in [2.24, 2.45) is 0 Å². The van der Waals surface area contributed by atoms with Gasteiger partial charge in [0.15, 0.2) is 5.78 Å². The van der Waals surface area contributed by atoms with E-state index in [-0.39, 0.29) is 11.7 Å². The SMILES string of the molecule is Cc1ccc(C(=O)c2c(NC(=O)c3ccc(Br)cc3)sc(C)c2C)cc1. The summed E-state index contributed by atoms with van der Waals surface area (Å²) in [5.74, 6) is -0.297. The minimum Gasteiger partial charge on any atom is -0.313 e. The number of carbonyl (C=O) groups is 2. The molecule has 0 aliphatic carbocycles. The van der Waals surface area contributed by atoms with Gasteiger partial charge in [-0.2, -0.15) is 0 Å². The number of amides is 1. The molecule has 1 aromatic heterocycles. The molecule has 0 spiro atoms. The number of hydrogen-bond acceptors (Lipinski definition) is 3. The summed E-state index contributed by atoms with van der Waals surface area (Å²) in [5, 5.41) is 3.51. The second-order valence-corrected chi connectivity index (χ2v) is 8.28. The predicted molar refractivity (Wildman–Crippen MR) is 110 cm³/mol. The van der Waals surface area contributed by atoms with Crippen LogP contribution in [0.2, 0.25) is 0 Å². The van der Waals surface area contributed by atoms with Crippen LogP contribution in [0.1, 0.15) is 42.3 Å². The third kappa shape index (κ3) is 3.79. The van der Waals surface area contributed by atoms with Crippen molar-refractivity contribution < 1.29 is 9.59 Å². The molecule has 0 unspecified atom stereocenters. The van der Waals surface area contributed by atoms with Gasteiger partial charge in [-0.1, -0.05) is 45.8 Å². The highest BCUT2D eigenvalue weighted by Crippen LogP contribution is 2.34. The van der Waals surface area contributed by atoms with Crippen LogP contribution in [0.5, 0.6) is 0 Å². The first-order valence-corrected chi connectivity index (χ1v) is 9.76. The van der Waals surface area contributed by atoms with Gasteiger partial charge in [-0.3, -0.25) is 9.59 Å². The second kappa shape index (κ2) is 7.56. The Labute approximate surface area is 165 Å². The van der Waals surface area contributed by atoms with Gasteiger partial charge in [0.1, 0.15) is 5.00 Å². The second-order valence-electron chi connectivity index (χ2n) is 6.14. The number of hydrogen-bond donors (Lipinski definition) is 1. The van der Waals surface area contributed by atoms with E-state index < -0.39 is 0 Å². The van der Waals surface area contributed by atoms with Crippen molar-refractivity contribution in [1.82, 2.24) is 0 Å². The van der Waals surface area contributed by atoms with Crippen molar-refractivity contribution in [3.8, 4) is 0 Å². The van der Waals surface area contributed by atoms with Gasteiger partial charge in [-0.05, 0) is 50.6 Å². The summed E-state index contributed by atoms with van der Waals surface area (Å²) in [6, 6.07) is 14.6. The maximum atomic E-state index is 13.0. The molecule has 3 aromatic rings. The van der Waals surface area contributed by atoms with E-state index >= 15 is 0 Å². The highest BCUT2D eigenvalue weighted by molar-refractivity contribution is 9.10. The molecule has 5 heteroatoms. The summed E-state index contributed by atoms with van der Waals surface area (Å²) in [6.07, 6.45) is 0. The van der Waals surface area contributed by atoms with Crippen LogP contribution in [-0.2, 0) is 0 Å². The summed E-state index contributed by atoms with van der Waals surface area (Å²) >= 11 is 4.79. The van der Waals surface area contributed by atoms with Gasteiger partial charge in [0.2, 0.25) is 0 Å². The number of benzene rings is 2. The Morgan fingerprint density at radius 3 is 2.08 bits per heavy atom. The summed E-state index contributed by atoms with van der Waals surface area (Å²) in [6.45, 7) is 5.86. The zero-order valence-electron chi connectivity index (χ0n) is 14.7. The Kier molecular flexibility index (Phi) is 5.39. The zero-order chi connectivity index (χ0) is 18.8. The molecule has 1 heterocycles. The minimum absolute atomic E-state index is 0.0713. The Balaban J connectivity index is 1.94. The quantitative estimate of drug-likeness (QED) is 0.525. The number of thiophene rings is 1. The average molecular weight is 428 g/mol. The Morgan fingerprint density at radius 2 is 1.46 bits per heavy atom. The molecule has 132 valence electrons.